The fourth-order valence-corrected chi connectivity index (χ4v) is 2.30. The van der Waals surface area contributed by atoms with Crippen molar-refractivity contribution in [2.75, 3.05) is 0 Å². The summed E-state index contributed by atoms with van der Waals surface area (Å²) in [5, 5.41) is 0. The van der Waals surface area contributed by atoms with Crippen LogP contribution in [0, 0.1) is 0 Å². The first kappa shape index (κ1) is 11.7. The Balaban J connectivity index is 3.98. The van der Waals surface area contributed by atoms with Crippen LogP contribution in [0.15, 0.2) is 0 Å². The zero-order valence-corrected chi connectivity index (χ0v) is 8.98. The van der Waals surface area contributed by atoms with E-state index >= 15 is 0 Å². The summed E-state index contributed by atoms with van der Waals surface area (Å²) in [7, 11) is 0. The second kappa shape index (κ2) is 5.36. The van der Waals surface area contributed by atoms with Gasteiger partial charge in [-0.25, -0.2) is 4.90 Å². The SMILES string of the molecule is ClC(Cl)N(C(Cl)Cl)C(Cl)Cl. The topological polar surface area (TPSA) is 3.24 Å². The summed E-state index contributed by atoms with van der Waals surface area (Å²) >= 11 is 32.3. The van der Waals surface area contributed by atoms with Crippen molar-refractivity contribution >= 4 is 69.6 Å². The Hall–Kier alpha value is 1.70. The van der Waals surface area contributed by atoms with E-state index in [1.54, 1.807) is 0 Å². The highest BCUT2D eigenvalue weighted by Gasteiger charge is 2.25. The first-order valence-corrected chi connectivity index (χ1v) is 4.70. The number of rotatable bonds is 3. The smallest absolute Gasteiger partial charge is 0.164 e. The lowest BCUT2D eigenvalue weighted by molar-refractivity contribution is 0.352. The summed E-state index contributed by atoms with van der Waals surface area (Å²) < 4.78 is 0. The van der Waals surface area contributed by atoms with Gasteiger partial charge in [-0.05, 0) is 0 Å². The summed E-state index contributed by atoms with van der Waals surface area (Å²) in [5.74, 6) is 0. The molecule has 0 saturated carbocycles. The van der Waals surface area contributed by atoms with Crippen molar-refractivity contribution in [1.29, 1.82) is 0 Å². The lowest BCUT2D eigenvalue weighted by Crippen LogP contribution is -2.34. The summed E-state index contributed by atoms with van der Waals surface area (Å²) in [6.07, 6.45) is 0. The molecule has 0 fully saturated rings. The molecule has 0 heterocycles. The third-order valence-corrected chi connectivity index (χ3v) is 2.03. The van der Waals surface area contributed by atoms with Crippen molar-refractivity contribution in [3.8, 4) is 0 Å². The van der Waals surface area contributed by atoms with Crippen LogP contribution in [0.2, 0.25) is 0 Å². The molecule has 0 atom stereocenters. The maximum atomic E-state index is 5.39. The summed E-state index contributed by atoms with van der Waals surface area (Å²) in [5.41, 5.74) is 0. The highest BCUT2D eigenvalue weighted by Crippen LogP contribution is 2.25. The van der Waals surface area contributed by atoms with Crippen LogP contribution in [0.5, 0.6) is 0 Å². The Kier molecular flexibility index (Phi) is 6.28. The van der Waals surface area contributed by atoms with Crippen LogP contribution in [0.25, 0.3) is 0 Å². The van der Waals surface area contributed by atoms with Gasteiger partial charge in [0.05, 0.1) is 0 Å². The normalized spacial score (nSPS) is 12.6. The van der Waals surface area contributed by atoms with Crippen molar-refractivity contribution in [2.45, 2.75) is 14.9 Å². The summed E-state index contributed by atoms with van der Waals surface area (Å²) in [4.78, 5) is -1.66. The van der Waals surface area contributed by atoms with Crippen LogP contribution >= 0.6 is 69.6 Å². The van der Waals surface area contributed by atoms with E-state index in [1.165, 1.54) is 0 Å². The molecule has 0 spiro atoms. The standard InChI is InChI=1S/C3H3Cl6N/c4-1(5)10(2(6)7)3(8)9/h1-3H. The monoisotopic (exact) mass is 263 g/mol. The molecule has 0 aliphatic rings. The van der Waals surface area contributed by atoms with Gasteiger partial charge in [-0.1, -0.05) is 69.6 Å². The minimum absolute atomic E-state index is 0.917. The molecular weight excluding hydrogens is 263 g/mol. The van der Waals surface area contributed by atoms with Crippen LogP contribution in [-0.4, -0.2) is 19.8 Å². The number of hydrogen-bond acceptors (Lipinski definition) is 1. The molecule has 0 aliphatic heterocycles. The Labute approximate surface area is 89.0 Å². The Bertz CT molecular complexity index is 74.0. The fraction of sp³-hybridized carbons (Fsp3) is 1.00. The van der Waals surface area contributed by atoms with E-state index in [-0.39, 0.29) is 0 Å². The van der Waals surface area contributed by atoms with Gasteiger partial charge in [-0.3, -0.25) is 0 Å². The minimum Gasteiger partial charge on any atom is -0.216 e. The largest absolute Gasteiger partial charge is 0.216 e. The van der Waals surface area contributed by atoms with Crippen molar-refractivity contribution in [2.24, 2.45) is 0 Å². The Morgan fingerprint density at radius 1 is 0.600 bits per heavy atom. The van der Waals surface area contributed by atoms with Crippen molar-refractivity contribution < 1.29 is 0 Å². The van der Waals surface area contributed by atoms with Crippen molar-refractivity contribution in [1.82, 2.24) is 4.90 Å². The maximum absolute atomic E-state index is 5.39. The number of hydrogen-bond donors (Lipinski definition) is 0. The predicted molar refractivity (Wildman–Crippen MR) is 48.3 cm³/mol. The van der Waals surface area contributed by atoms with Gasteiger partial charge in [0, 0.05) is 0 Å². The van der Waals surface area contributed by atoms with Crippen LogP contribution in [-0.2, 0) is 0 Å². The lowest BCUT2D eigenvalue weighted by Gasteiger charge is -2.24. The molecule has 0 aliphatic carbocycles. The van der Waals surface area contributed by atoms with Crippen molar-refractivity contribution in [3.05, 3.63) is 0 Å². The molecule has 62 valence electrons. The minimum atomic E-state index is -0.917. The first-order valence-electron chi connectivity index (χ1n) is 2.08. The zero-order valence-electron chi connectivity index (χ0n) is 4.45. The molecule has 7 heteroatoms. The first-order chi connectivity index (χ1) is 4.46. The highest BCUT2D eigenvalue weighted by molar-refractivity contribution is 6.50. The number of alkyl halides is 6. The molecule has 0 aromatic rings. The van der Waals surface area contributed by atoms with Gasteiger partial charge in [-0.2, -0.15) is 0 Å². The van der Waals surface area contributed by atoms with E-state index in [2.05, 4.69) is 0 Å². The van der Waals surface area contributed by atoms with E-state index in [4.69, 9.17) is 69.6 Å². The maximum Gasteiger partial charge on any atom is 0.164 e. The van der Waals surface area contributed by atoms with Gasteiger partial charge in [0.2, 0.25) is 0 Å². The van der Waals surface area contributed by atoms with E-state index in [0.29, 0.717) is 0 Å². The molecular formula is C3H3Cl6N. The van der Waals surface area contributed by atoms with E-state index in [0.717, 1.165) is 4.90 Å². The van der Waals surface area contributed by atoms with Gasteiger partial charge >= 0.3 is 0 Å². The molecule has 1 nitrogen and oxygen atoms in total. The van der Waals surface area contributed by atoms with Gasteiger partial charge < -0.3 is 0 Å². The molecule has 0 unspecified atom stereocenters. The Morgan fingerprint density at radius 3 is 0.800 bits per heavy atom. The quantitative estimate of drug-likeness (QED) is 0.557. The summed E-state index contributed by atoms with van der Waals surface area (Å²) in [6, 6.07) is 0. The second-order valence-corrected chi connectivity index (χ2v) is 4.43. The van der Waals surface area contributed by atoms with Crippen LogP contribution < -0.4 is 0 Å². The molecule has 10 heavy (non-hydrogen) atoms. The third-order valence-electron chi connectivity index (χ3n) is 0.676. The van der Waals surface area contributed by atoms with E-state index in [1.807, 2.05) is 0 Å². The molecule has 0 bridgehead atoms. The molecule has 0 N–H and O–H groups in total. The average molecular weight is 266 g/mol. The van der Waals surface area contributed by atoms with E-state index in [9.17, 15) is 0 Å². The van der Waals surface area contributed by atoms with Gasteiger partial charge in [0.15, 0.2) is 14.9 Å². The van der Waals surface area contributed by atoms with Gasteiger partial charge in [-0.15, -0.1) is 0 Å². The fourth-order valence-electron chi connectivity index (χ4n) is 0.256. The highest BCUT2D eigenvalue weighted by atomic mass is 35.5. The molecule has 0 saturated heterocycles. The van der Waals surface area contributed by atoms with Gasteiger partial charge in [0.1, 0.15) is 0 Å². The number of nitrogens with zero attached hydrogens (tertiary/aromatic N) is 1. The van der Waals surface area contributed by atoms with Crippen LogP contribution in [0.4, 0.5) is 0 Å². The third kappa shape index (κ3) is 3.91. The summed E-state index contributed by atoms with van der Waals surface area (Å²) in [6.45, 7) is 0. The average Bonchev–Trinajstić information content (AvgIpc) is 1.59. The predicted octanol–water partition coefficient (Wildman–Crippen LogP) is 3.57. The Morgan fingerprint density at radius 2 is 0.800 bits per heavy atom. The van der Waals surface area contributed by atoms with Crippen LogP contribution in [0.3, 0.4) is 0 Å². The van der Waals surface area contributed by atoms with E-state index < -0.39 is 14.9 Å². The molecule has 0 radical (unpaired) electrons. The molecule has 0 rings (SSSR count). The van der Waals surface area contributed by atoms with Gasteiger partial charge in [0.25, 0.3) is 0 Å². The lowest BCUT2D eigenvalue weighted by atomic mass is 10.9. The van der Waals surface area contributed by atoms with Crippen LogP contribution in [0.1, 0.15) is 0 Å². The molecule has 0 amide bonds. The number of halogens is 6. The second-order valence-electron chi connectivity index (χ2n) is 1.28. The molecule has 0 aromatic carbocycles. The van der Waals surface area contributed by atoms with Crippen molar-refractivity contribution in [3.63, 3.8) is 0 Å². The molecule has 0 aromatic heterocycles. The zero-order chi connectivity index (χ0) is 8.31.